The summed E-state index contributed by atoms with van der Waals surface area (Å²) in [5.41, 5.74) is 4.07. The lowest BCUT2D eigenvalue weighted by molar-refractivity contribution is -0.527. The van der Waals surface area contributed by atoms with Gasteiger partial charge in [0.1, 0.15) is 0 Å². The summed E-state index contributed by atoms with van der Waals surface area (Å²) >= 11 is 0. The average molecular weight is 289 g/mol. The lowest BCUT2D eigenvalue weighted by Crippen LogP contribution is -2.39. The van der Waals surface area contributed by atoms with E-state index in [0.29, 0.717) is 11.3 Å². The number of nitrogens with zero attached hydrogens (tertiary/aromatic N) is 1. The SMILES string of the molecule is C[C@@]12CCC[C@H]1[C@@H]1CCC3CC([N+](=O)[O-])CCC3=C1CC2. The van der Waals surface area contributed by atoms with Gasteiger partial charge in [0.2, 0.25) is 6.04 Å². The third-order valence-electron chi connectivity index (χ3n) is 7.39. The second-order valence-electron chi connectivity index (χ2n) is 8.30. The Balaban J connectivity index is 1.62. The van der Waals surface area contributed by atoms with Crippen molar-refractivity contribution < 1.29 is 4.92 Å². The molecule has 3 heteroatoms. The van der Waals surface area contributed by atoms with Crippen LogP contribution in [0.2, 0.25) is 0 Å². The Hall–Kier alpha value is -0.860. The molecule has 3 saturated carbocycles. The molecule has 0 radical (unpaired) electrons. The van der Waals surface area contributed by atoms with Crippen molar-refractivity contribution in [3.63, 3.8) is 0 Å². The van der Waals surface area contributed by atoms with Crippen LogP contribution in [0.4, 0.5) is 0 Å². The highest BCUT2D eigenvalue weighted by atomic mass is 16.6. The molecule has 3 fully saturated rings. The van der Waals surface area contributed by atoms with Gasteiger partial charge in [-0.2, -0.15) is 0 Å². The van der Waals surface area contributed by atoms with E-state index in [1.807, 2.05) is 0 Å². The lowest BCUT2D eigenvalue weighted by atomic mass is 9.56. The van der Waals surface area contributed by atoms with Crippen molar-refractivity contribution in [2.75, 3.05) is 0 Å². The van der Waals surface area contributed by atoms with Crippen molar-refractivity contribution in [1.29, 1.82) is 0 Å². The van der Waals surface area contributed by atoms with Gasteiger partial charge in [-0.05, 0) is 68.1 Å². The van der Waals surface area contributed by atoms with Crippen molar-refractivity contribution in [2.24, 2.45) is 23.2 Å². The molecule has 0 aliphatic heterocycles. The topological polar surface area (TPSA) is 43.1 Å². The second kappa shape index (κ2) is 4.82. The van der Waals surface area contributed by atoms with Crippen LogP contribution in [-0.4, -0.2) is 11.0 Å². The number of fused-ring (bicyclic) bond motifs is 4. The Bertz CT molecular complexity index is 497. The van der Waals surface area contributed by atoms with Crippen LogP contribution in [0.5, 0.6) is 0 Å². The highest BCUT2D eigenvalue weighted by Gasteiger charge is 2.49. The molecule has 0 aromatic rings. The second-order valence-corrected chi connectivity index (χ2v) is 8.30. The Morgan fingerprint density at radius 2 is 1.95 bits per heavy atom. The largest absolute Gasteiger partial charge is 0.264 e. The van der Waals surface area contributed by atoms with Gasteiger partial charge in [0.25, 0.3) is 0 Å². The smallest absolute Gasteiger partial charge is 0.214 e. The van der Waals surface area contributed by atoms with Crippen molar-refractivity contribution in [2.45, 2.75) is 77.2 Å². The zero-order chi connectivity index (χ0) is 14.6. The van der Waals surface area contributed by atoms with Gasteiger partial charge in [-0.3, -0.25) is 10.1 Å². The van der Waals surface area contributed by atoms with E-state index >= 15 is 0 Å². The van der Waals surface area contributed by atoms with Crippen molar-refractivity contribution >= 4 is 0 Å². The van der Waals surface area contributed by atoms with E-state index in [-0.39, 0.29) is 11.0 Å². The van der Waals surface area contributed by atoms with Crippen LogP contribution in [-0.2, 0) is 0 Å². The van der Waals surface area contributed by atoms with Gasteiger partial charge in [-0.25, -0.2) is 0 Å². The molecule has 0 heterocycles. The number of rotatable bonds is 1. The first kappa shape index (κ1) is 13.8. The van der Waals surface area contributed by atoms with Gasteiger partial charge in [0.15, 0.2) is 0 Å². The first-order valence-electron chi connectivity index (χ1n) is 8.94. The quantitative estimate of drug-likeness (QED) is 0.397. The van der Waals surface area contributed by atoms with Crippen LogP contribution in [0.15, 0.2) is 11.1 Å². The predicted molar refractivity (Wildman–Crippen MR) is 82.6 cm³/mol. The molecule has 116 valence electrons. The van der Waals surface area contributed by atoms with Gasteiger partial charge in [0.05, 0.1) is 0 Å². The maximum Gasteiger partial charge on any atom is 0.214 e. The minimum Gasteiger partial charge on any atom is -0.264 e. The van der Waals surface area contributed by atoms with Crippen molar-refractivity contribution in [1.82, 2.24) is 0 Å². The Morgan fingerprint density at radius 1 is 1.10 bits per heavy atom. The number of hydrogen-bond acceptors (Lipinski definition) is 2. The molecular weight excluding hydrogens is 262 g/mol. The van der Waals surface area contributed by atoms with Crippen LogP contribution in [0.1, 0.15) is 71.1 Å². The third kappa shape index (κ3) is 2.07. The van der Waals surface area contributed by atoms with Gasteiger partial charge >= 0.3 is 0 Å². The van der Waals surface area contributed by atoms with Gasteiger partial charge < -0.3 is 0 Å². The number of nitro groups is 1. The zero-order valence-electron chi connectivity index (χ0n) is 13.1. The highest BCUT2D eigenvalue weighted by molar-refractivity contribution is 5.28. The summed E-state index contributed by atoms with van der Waals surface area (Å²) < 4.78 is 0. The fourth-order valence-electron chi connectivity index (χ4n) is 6.28. The summed E-state index contributed by atoms with van der Waals surface area (Å²) in [4.78, 5) is 11.1. The molecule has 4 rings (SSSR count). The molecule has 4 aliphatic rings. The van der Waals surface area contributed by atoms with Crippen molar-refractivity contribution in [3.8, 4) is 0 Å². The summed E-state index contributed by atoms with van der Waals surface area (Å²) in [6.07, 6.45) is 12.1. The molecule has 21 heavy (non-hydrogen) atoms. The molecule has 0 aromatic carbocycles. The lowest BCUT2D eigenvalue weighted by Gasteiger charge is -2.48. The summed E-state index contributed by atoms with van der Waals surface area (Å²) in [6, 6.07) is -0.267. The van der Waals surface area contributed by atoms with Gasteiger partial charge in [-0.1, -0.05) is 24.5 Å². The van der Waals surface area contributed by atoms with E-state index in [0.717, 1.165) is 31.1 Å². The van der Waals surface area contributed by atoms with E-state index in [1.54, 1.807) is 11.1 Å². The van der Waals surface area contributed by atoms with Crippen LogP contribution < -0.4 is 0 Å². The van der Waals surface area contributed by atoms with Gasteiger partial charge in [0, 0.05) is 17.8 Å². The molecule has 0 spiro atoms. The molecular formula is C18H27NO2. The van der Waals surface area contributed by atoms with Crippen LogP contribution in [0.3, 0.4) is 0 Å². The van der Waals surface area contributed by atoms with Crippen molar-refractivity contribution in [3.05, 3.63) is 21.3 Å². The Morgan fingerprint density at radius 3 is 2.76 bits per heavy atom. The fraction of sp³-hybridized carbons (Fsp3) is 0.889. The number of hydrogen-bond donors (Lipinski definition) is 0. The molecule has 3 nitrogen and oxygen atoms in total. The summed E-state index contributed by atoms with van der Waals surface area (Å²) in [6.45, 7) is 2.53. The van der Waals surface area contributed by atoms with Gasteiger partial charge in [-0.15, -0.1) is 0 Å². The Kier molecular flexibility index (Phi) is 3.16. The molecule has 2 unspecified atom stereocenters. The van der Waals surface area contributed by atoms with E-state index in [4.69, 9.17) is 0 Å². The predicted octanol–water partition coefficient (Wildman–Crippen LogP) is 4.74. The third-order valence-corrected chi connectivity index (χ3v) is 7.39. The molecule has 0 aromatic heterocycles. The first-order valence-corrected chi connectivity index (χ1v) is 8.94. The first-order chi connectivity index (χ1) is 10.1. The van der Waals surface area contributed by atoms with Crippen LogP contribution in [0.25, 0.3) is 0 Å². The van der Waals surface area contributed by atoms with E-state index < -0.39 is 0 Å². The van der Waals surface area contributed by atoms with Crippen LogP contribution in [0, 0.1) is 33.3 Å². The summed E-state index contributed by atoms with van der Waals surface area (Å²) in [7, 11) is 0. The van der Waals surface area contributed by atoms with E-state index in [2.05, 4.69) is 6.92 Å². The average Bonchev–Trinajstić information content (AvgIpc) is 2.88. The number of allylic oxidation sites excluding steroid dienone is 2. The highest BCUT2D eigenvalue weighted by Crippen LogP contribution is 2.60. The molecule has 0 saturated heterocycles. The monoisotopic (exact) mass is 289 g/mol. The minimum absolute atomic E-state index is 0.0254. The normalized spacial score (nSPS) is 45.8. The standard InChI is InChI=1S/C18H27NO2/c1-18-9-2-3-17(18)16-6-4-12-11-13(19(20)21)5-7-14(12)15(16)8-10-18/h12-13,16-17H,2-11H2,1H3/t12?,13?,16-,17+,18+/m1/s1. The minimum atomic E-state index is -0.267. The fourth-order valence-corrected chi connectivity index (χ4v) is 6.28. The Labute approximate surface area is 127 Å². The summed E-state index contributed by atoms with van der Waals surface area (Å²) in [5, 5.41) is 11.1. The van der Waals surface area contributed by atoms with E-state index in [9.17, 15) is 10.1 Å². The zero-order valence-corrected chi connectivity index (χ0v) is 13.1. The molecule has 5 atom stereocenters. The molecule has 0 amide bonds. The molecule has 0 bridgehead atoms. The maximum absolute atomic E-state index is 11.1. The molecule has 4 aliphatic carbocycles. The van der Waals surface area contributed by atoms with Crippen LogP contribution >= 0.6 is 0 Å². The molecule has 0 N–H and O–H groups in total. The van der Waals surface area contributed by atoms with E-state index in [1.165, 1.54) is 44.9 Å². The summed E-state index contributed by atoms with van der Waals surface area (Å²) in [5.74, 6) is 2.30. The maximum atomic E-state index is 11.1.